The van der Waals surface area contributed by atoms with E-state index in [1.165, 1.54) is 0 Å². The molecule has 6 nitrogen and oxygen atoms in total. The van der Waals surface area contributed by atoms with Gasteiger partial charge in [0, 0.05) is 30.7 Å². The summed E-state index contributed by atoms with van der Waals surface area (Å²) in [7, 11) is 0. The minimum atomic E-state index is 0.342. The number of thiophene rings is 1. The van der Waals surface area contributed by atoms with E-state index in [0.717, 1.165) is 59.2 Å². The maximum Gasteiger partial charge on any atom is 0.172 e. The van der Waals surface area contributed by atoms with Crippen LogP contribution in [0.2, 0.25) is 0 Å². The molecule has 1 aliphatic heterocycles. The number of piperidine rings is 1. The van der Waals surface area contributed by atoms with Crippen LogP contribution in [0.3, 0.4) is 0 Å². The lowest BCUT2D eigenvalue weighted by atomic mass is 10.0. The van der Waals surface area contributed by atoms with Crippen LogP contribution in [0.5, 0.6) is 0 Å². The van der Waals surface area contributed by atoms with E-state index in [1.54, 1.807) is 17.5 Å². The molecule has 0 atom stereocenters. The van der Waals surface area contributed by atoms with Gasteiger partial charge < -0.3 is 10.2 Å². The van der Waals surface area contributed by atoms with Gasteiger partial charge in [0.1, 0.15) is 17.7 Å². The van der Waals surface area contributed by atoms with Crippen molar-refractivity contribution in [2.45, 2.75) is 18.9 Å². The molecule has 1 saturated heterocycles. The summed E-state index contributed by atoms with van der Waals surface area (Å²) in [5.74, 6) is 2.60. The first-order valence-corrected chi connectivity index (χ1v) is 10.9. The molecule has 0 amide bonds. The number of pyridine rings is 1. The molecule has 7 heteroatoms. The number of hydrogen-bond donors (Lipinski definition) is 1. The number of nitriles is 1. The van der Waals surface area contributed by atoms with Crippen molar-refractivity contribution in [3.8, 4) is 16.8 Å². The molecule has 0 bridgehead atoms. The first-order valence-electron chi connectivity index (χ1n) is 9.98. The van der Waals surface area contributed by atoms with Crippen LogP contribution in [0, 0.1) is 11.3 Å². The normalized spacial score (nSPS) is 14.6. The summed E-state index contributed by atoms with van der Waals surface area (Å²) in [6.45, 7) is 1.83. The summed E-state index contributed by atoms with van der Waals surface area (Å²) >= 11 is 1.65. The first-order chi connectivity index (χ1) is 14.8. The fourth-order valence-electron chi connectivity index (χ4n) is 3.79. The van der Waals surface area contributed by atoms with E-state index in [0.29, 0.717) is 11.6 Å². The van der Waals surface area contributed by atoms with Crippen molar-refractivity contribution in [1.82, 2.24) is 15.0 Å². The van der Waals surface area contributed by atoms with Gasteiger partial charge >= 0.3 is 0 Å². The van der Waals surface area contributed by atoms with E-state index in [1.807, 2.05) is 41.8 Å². The molecule has 1 aliphatic rings. The average Bonchev–Trinajstić information content (AvgIpc) is 3.35. The highest BCUT2D eigenvalue weighted by atomic mass is 32.1. The Morgan fingerprint density at radius 3 is 2.63 bits per heavy atom. The van der Waals surface area contributed by atoms with Gasteiger partial charge in [-0.2, -0.15) is 5.26 Å². The zero-order valence-electron chi connectivity index (χ0n) is 16.3. The summed E-state index contributed by atoms with van der Waals surface area (Å²) < 4.78 is 0. The Balaban J connectivity index is 1.34. The molecule has 0 unspecified atom stereocenters. The molecular weight excluding hydrogens is 392 g/mol. The summed E-state index contributed by atoms with van der Waals surface area (Å²) in [4.78, 5) is 17.4. The number of hydrogen-bond acceptors (Lipinski definition) is 7. The van der Waals surface area contributed by atoms with Crippen LogP contribution in [0.1, 0.15) is 18.4 Å². The van der Waals surface area contributed by atoms with E-state index in [2.05, 4.69) is 33.4 Å². The number of anilines is 2. The van der Waals surface area contributed by atoms with Crippen molar-refractivity contribution >= 4 is 33.9 Å². The standard InChI is InChI=1S/C23H20N6S/c24-14-16-7-8-21(25-15-16)29-11-9-17(10-12-29)26-22-18-4-1-2-5-19(18)27-23(28-22)20-6-3-13-30-20/h1-8,13,15,17H,9-12H2,(H,26,27,28). The number of aromatic nitrogens is 3. The number of nitrogens with one attached hydrogen (secondary N) is 1. The Morgan fingerprint density at radius 2 is 1.90 bits per heavy atom. The van der Waals surface area contributed by atoms with Gasteiger partial charge in [0.2, 0.25) is 0 Å². The van der Waals surface area contributed by atoms with Crippen LogP contribution in [0.15, 0.2) is 60.1 Å². The van der Waals surface area contributed by atoms with Crippen molar-refractivity contribution in [3.63, 3.8) is 0 Å². The molecule has 3 aromatic heterocycles. The van der Waals surface area contributed by atoms with Crippen molar-refractivity contribution in [1.29, 1.82) is 5.26 Å². The fourth-order valence-corrected chi connectivity index (χ4v) is 4.45. The molecule has 0 radical (unpaired) electrons. The summed E-state index contributed by atoms with van der Waals surface area (Å²) in [5.41, 5.74) is 1.55. The first kappa shape index (κ1) is 18.5. The number of nitrogens with zero attached hydrogens (tertiary/aromatic N) is 5. The third-order valence-corrected chi connectivity index (χ3v) is 6.25. The predicted molar refractivity (Wildman–Crippen MR) is 121 cm³/mol. The monoisotopic (exact) mass is 412 g/mol. The molecule has 1 fully saturated rings. The predicted octanol–water partition coefficient (Wildman–Crippen LogP) is 4.71. The maximum absolute atomic E-state index is 8.95. The number of para-hydroxylation sites is 1. The Kier molecular flexibility index (Phi) is 4.99. The second-order valence-electron chi connectivity index (χ2n) is 7.31. The summed E-state index contributed by atoms with van der Waals surface area (Å²) in [6.07, 6.45) is 3.63. The van der Waals surface area contributed by atoms with Crippen LogP contribution >= 0.6 is 11.3 Å². The van der Waals surface area contributed by atoms with Gasteiger partial charge in [0.25, 0.3) is 0 Å². The molecule has 1 aromatic carbocycles. The topological polar surface area (TPSA) is 77.7 Å². The Labute approximate surface area is 178 Å². The third-order valence-electron chi connectivity index (χ3n) is 5.38. The van der Waals surface area contributed by atoms with Crippen LogP contribution in [-0.4, -0.2) is 34.1 Å². The Bertz CT molecular complexity index is 1190. The van der Waals surface area contributed by atoms with Gasteiger partial charge in [-0.15, -0.1) is 11.3 Å². The minimum absolute atomic E-state index is 0.342. The summed E-state index contributed by atoms with van der Waals surface area (Å²) in [5, 5.41) is 15.7. The zero-order valence-corrected chi connectivity index (χ0v) is 17.1. The van der Waals surface area contributed by atoms with Gasteiger partial charge in [0.05, 0.1) is 16.0 Å². The van der Waals surface area contributed by atoms with Gasteiger partial charge in [-0.25, -0.2) is 15.0 Å². The van der Waals surface area contributed by atoms with Crippen molar-refractivity contribution < 1.29 is 0 Å². The molecule has 5 rings (SSSR count). The molecular formula is C23H20N6S. The second kappa shape index (κ2) is 8.09. The molecule has 148 valence electrons. The maximum atomic E-state index is 8.95. The van der Waals surface area contributed by atoms with Crippen molar-refractivity contribution in [2.75, 3.05) is 23.3 Å². The minimum Gasteiger partial charge on any atom is -0.367 e. The summed E-state index contributed by atoms with van der Waals surface area (Å²) in [6, 6.07) is 18.5. The van der Waals surface area contributed by atoms with Crippen molar-refractivity contribution in [2.24, 2.45) is 0 Å². The molecule has 4 heterocycles. The fraction of sp³-hybridized carbons (Fsp3) is 0.217. The zero-order chi connectivity index (χ0) is 20.3. The highest BCUT2D eigenvalue weighted by molar-refractivity contribution is 7.13. The molecule has 1 N–H and O–H groups in total. The average molecular weight is 413 g/mol. The van der Waals surface area contributed by atoms with E-state index in [4.69, 9.17) is 15.2 Å². The van der Waals surface area contributed by atoms with Crippen LogP contribution in [0.25, 0.3) is 21.6 Å². The third kappa shape index (κ3) is 3.70. The van der Waals surface area contributed by atoms with E-state index in [9.17, 15) is 0 Å². The lowest BCUT2D eigenvalue weighted by molar-refractivity contribution is 0.523. The molecule has 4 aromatic rings. The van der Waals surface area contributed by atoms with Crippen LogP contribution in [0.4, 0.5) is 11.6 Å². The van der Waals surface area contributed by atoms with E-state index in [-0.39, 0.29) is 0 Å². The largest absolute Gasteiger partial charge is 0.367 e. The van der Waals surface area contributed by atoms with Gasteiger partial charge in [-0.1, -0.05) is 18.2 Å². The van der Waals surface area contributed by atoms with E-state index < -0.39 is 0 Å². The van der Waals surface area contributed by atoms with Crippen molar-refractivity contribution in [3.05, 3.63) is 65.7 Å². The highest BCUT2D eigenvalue weighted by Gasteiger charge is 2.21. The molecule has 0 aliphatic carbocycles. The highest BCUT2D eigenvalue weighted by Crippen LogP contribution is 2.29. The number of rotatable bonds is 4. The number of fused-ring (bicyclic) bond motifs is 1. The Morgan fingerprint density at radius 1 is 1.03 bits per heavy atom. The van der Waals surface area contributed by atoms with E-state index >= 15 is 0 Å². The van der Waals surface area contributed by atoms with Crippen LogP contribution in [-0.2, 0) is 0 Å². The lowest BCUT2D eigenvalue weighted by Gasteiger charge is -2.33. The molecule has 30 heavy (non-hydrogen) atoms. The quantitative estimate of drug-likeness (QED) is 0.523. The lowest BCUT2D eigenvalue weighted by Crippen LogP contribution is -2.39. The van der Waals surface area contributed by atoms with Gasteiger partial charge in [0.15, 0.2) is 5.82 Å². The number of benzene rings is 1. The van der Waals surface area contributed by atoms with Crippen LogP contribution < -0.4 is 10.2 Å². The smallest absolute Gasteiger partial charge is 0.172 e. The molecule has 0 spiro atoms. The SMILES string of the molecule is N#Cc1ccc(N2CCC(Nc3nc(-c4cccs4)nc4ccccc34)CC2)nc1. The molecule has 0 saturated carbocycles. The van der Waals surface area contributed by atoms with Gasteiger partial charge in [-0.05, 0) is 48.6 Å². The second-order valence-corrected chi connectivity index (χ2v) is 8.26. The Hall–Kier alpha value is -3.50. The van der Waals surface area contributed by atoms with Gasteiger partial charge in [-0.3, -0.25) is 0 Å².